The Bertz CT molecular complexity index is 1120. The highest BCUT2D eigenvalue weighted by molar-refractivity contribution is 7.98. The second kappa shape index (κ2) is 13.0. The van der Waals surface area contributed by atoms with Crippen LogP contribution in [0, 0.1) is 0 Å². The highest BCUT2D eigenvalue weighted by Crippen LogP contribution is 2.32. The van der Waals surface area contributed by atoms with E-state index < -0.39 is 0 Å². The maximum absolute atomic E-state index is 12.0. The lowest BCUT2D eigenvalue weighted by atomic mass is 10.1. The molecule has 178 valence electrons. The number of hydrogen-bond acceptors (Lipinski definition) is 6. The van der Waals surface area contributed by atoms with E-state index in [9.17, 15) is 4.79 Å². The molecule has 0 amide bonds. The fourth-order valence-corrected chi connectivity index (χ4v) is 4.50. The molecular weight excluding hydrogens is 466 g/mol. The normalized spacial score (nSPS) is 10.4. The summed E-state index contributed by atoms with van der Waals surface area (Å²) in [7, 11) is 1.65. The molecule has 0 saturated heterocycles. The van der Waals surface area contributed by atoms with E-state index in [0.29, 0.717) is 18.3 Å². The summed E-state index contributed by atoms with van der Waals surface area (Å²) in [5.74, 6) is 1.32. The van der Waals surface area contributed by atoms with Gasteiger partial charge in [0.1, 0.15) is 5.75 Å². The van der Waals surface area contributed by atoms with E-state index >= 15 is 0 Å². The van der Waals surface area contributed by atoms with Crippen molar-refractivity contribution in [3.63, 3.8) is 0 Å². The number of benzene rings is 3. The standard InChI is InChI=1S/C26H29N3O3S2/c1-3-32-25(30)15-19-10-13-23(29-26(33)28-22-7-5-4-6-20(22)16-27)24(14-19)34-17-18-8-11-21(31-2)12-9-18/h4-14H,3,15-17,27H2,1-2H3,(H2,28,29,33). The minimum Gasteiger partial charge on any atom is -0.497 e. The topological polar surface area (TPSA) is 85.6 Å². The number of esters is 1. The van der Waals surface area contributed by atoms with Crippen molar-refractivity contribution < 1.29 is 14.3 Å². The number of carbonyl (C=O) groups is 1. The van der Waals surface area contributed by atoms with Crippen molar-refractivity contribution in [3.8, 4) is 5.75 Å². The van der Waals surface area contributed by atoms with Crippen LogP contribution >= 0.6 is 24.0 Å². The van der Waals surface area contributed by atoms with Gasteiger partial charge in [-0.1, -0.05) is 36.4 Å². The summed E-state index contributed by atoms with van der Waals surface area (Å²) >= 11 is 7.23. The van der Waals surface area contributed by atoms with Crippen molar-refractivity contribution in [2.24, 2.45) is 5.73 Å². The second-order valence-electron chi connectivity index (χ2n) is 7.39. The molecule has 0 aromatic heterocycles. The minimum absolute atomic E-state index is 0.219. The number of ether oxygens (including phenoxy) is 2. The summed E-state index contributed by atoms with van der Waals surface area (Å²) in [4.78, 5) is 13.0. The van der Waals surface area contributed by atoms with E-state index in [1.165, 1.54) is 0 Å². The Morgan fingerprint density at radius 1 is 1.00 bits per heavy atom. The van der Waals surface area contributed by atoms with Crippen LogP contribution in [0.5, 0.6) is 5.75 Å². The molecule has 8 heteroatoms. The lowest BCUT2D eigenvalue weighted by Crippen LogP contribution is -2.21. The molecule has 0 aliphatic heterocycles. The third kappa shape index (κ3) is 7.48. The van der Waals surface area contributed by atoms with Gasteiger partial charge in [0.15, 0.2) is 5.11 Å². The first-order valence-electron chi connectivity index (χ1n) is 10.9. The lowest BCUT2D eigenvalue weighted by Gasteiger charge is -2.16. The van der Waals surface area contributed by atoms with Gasteiger partial charge in [-0.05, 0) is 66.2 Å². The molecule has 3 aromatic carbocycles. The Hall–Kier alpha value is -3.07. The number of carbonyl (C=O) groups excluding carboxylic acids is 1. The van der Waals surface area contributed by atoms with Crippen molar-refractivity contribution in [1.82, 2.24) is 0 Å². The van der Waals surface area contributed by atoms with Crippen LogP contribution in [0.4, 0.5) is 11.4 Å². The summed E-state index contributed by atoms with van der Waals surface area (Å²) in [6.45, 7) is 2.58. The van der Waals surface area contributed by atoms with Gasteiger partial charge >= 0.3 is 5.97 Å². The zero-order chi connectivity index (χ0) is 24.3. The zero-order valence-electron chi connectivity index (χ0n) is 19.3. The van der Waals surface area contributed by atoms with Crippen molar-refractivity contribution in [1.29, 1.82) is 0 Å². The number of para-hydroxylation sites is 1. The maximum atomic E-state index is 12.0. The van der Waals surface area contributed by atoms with Crippen LogP contribution in [-0.4, -0.2) is 24.8 Å². The fraction of sp³-hybridized carbons (Fsp3) is 0.231. The van der Waals surface area contributed by atoms with Crippen LogP contribution in [0.3, 0.4) is 0 Å². The fourth-order valence-electron chi connectivity index (χ4n) is 3.26. The van der Waals surface area contributed by atoms with E-state index in [1.807, 2.05) is 66.7 Å². The first-order valence-corrected chi connectivity index (χ1v) is 12.3. The van der Waals surface area contributed by atoms with Crippen molar-refractivity contribution >= 4 is 46.4 Å². The molecule has 0 unspecified atom stereocenters. The van der Waals surface area contributed by atoms with Gasteiger partial charge < -0.3 is 25.8 Å². The van der Waals surface area contributed by atoms with E-state index in [4.69, 9.17) is 27.4 Å². The highest BCUT2D eigenvalue weighted by atomic mass is 32.2. The van der Waals surface area contributed by atoms with Gasteiger partial charge in [-0.15, -0.1) is 11.8 Å². The van der Waals surface area contributed by atoms with Gasteiger partial charge in [-0.3, -0.25) is 4.79 Å². The summed E-state index contributed by atoms with van der Waals surface area (Å²) in [5, 5.41) is 6.99. The molecule has 0 heterocycles. The van der Waals surface area contributed by atoms with Crippen molar-refractivity contribution in [2.75, 3.05) is 24.4 Å². The quantitative estimate of drug-likeness (QED) is 0.197. The molecule has 0 atom stereocenters. The zero-order valence-corrected chi connectivity index (χ0v) is 20.9. The maximum Gasteiger partial charge on any atom is 0.310 e. The number of rotatable bonds is 10. The molecule has 0 radical (unpaired) electrons. The van der Waals surface area contributed by atoms with Gasteiger partial charge in [-0.2, -0.15) is 0 Å². The average Bonchev–Trinajstić information content (AvgIpc) is 2.84. The van der Waals surface area contributed by atoms with Gasteiger partial charge in [0.2, 0.25) is 0 Å². The molecule has 0 aliphatic rings. The average molecular weight is 496 g/mol. The van der Waals surface area contributed by atoms with Gasteiger partial charge in [0.25, 0.3) is 0 Å². The Labute approximate surface area is 210 Å². The van der Waals surface area contributed by atoms with Crippen LogP contribution < -0.4 is 21.1 Å². The predicted octanol–water partition coefficient (Wildman–Crippen LogP) is 5.36. The van der Waals surface area contributed by atoms with Crippen LogP contribution in [0.1, 0.15) is 23.6 Å². The van der Waals surface area contributed by atoms with Gasteiger partial charge in [0, 0.05) is 22.9 Å². The minimum atomic E-state index is -0.245. The van der Waals surface area contributed by atoms with E-state index in [-0.39, 0.29) is 12.4 Å². The number of thiocarbonyl (C=S) groups is 1. The molecule has 34 heavy (non-hydrogen) atoms. The second-order valence-corrected chi connectivity index (χ2v) is 8.81. The van der Waals surface area contributed by atoms with Crippen LogP contribution in [0.2, 0.25) is 0 Å². The summed E-state index contributed by atoms with van der Waals surface area (Å²) in [6, 6.07) is 21.6. The van der Waals surface area contributed by atoms with Crippen LogP contribution in [-0.2, 0) is 28.2 Å². The first kappa shape index (κ1) is 25.6. The summed E-state index contributed by atoms with van der Waals surface area (Å²) in [5.41, 5.74) is 10.6. The molecule has 0 spiro atoms. The molecular formula is C26H29N3O3S2. The molecule has 3 aromatic rings. The Morgan fingerprint density at radius 2 is 1.71 bits per heavy atom. The van der Waals surface area contributed by atoms with Gasteiger partial charge in [0.05, 0.1) is 25.8 Å². The predicted molar refractivity (Wildman–Crippen MR) is 144 cm³/mol. The summed E-state index contributed by atoms with van der Waals surface area (Å²) in [6.07, 6.45) is 0.219. The molecule has 0 aliphatic carbocycles. The van der Waals surface area contributed by atoms with Crippen molar-refractivity contribution in [3.05, 3.63) is 83.4 Å². The monoisotopic (exact) mass is 495 g/mol. The SMILES string of the molecule is CCOC(=O)Cc1ccc(NC(=S)Nc2ccccc2CN)c(SCc2ccc(OC)cc2)c1. The lowest BCUT2D eigenvalue weighted by molar-refractivity contribution is -0.142. The number of hydrogen-bond donors (Lipinski definition) is 3. The third-order valence-electron chi connectivity index (χ3n) is 4.99. The highest BCUT2D eigenvalue weighted by Gasteiger charge is 2.11. The Morgan fingerprint density at radius 3 is 2.41 bits per heavy atom. The Balaban J connectivity index is 1.77. The number of methoxy groups -OCH3 is 1. The van der Waals surface area contributed by atoms with Gasteiger partial charge in [-0.25, -0.2) is 0 Å². The number of nitrogens with one attached hydrogen (secondary N) is 2. The summed E-state index contributed by atoms with van der Waals surface area (Å²) < 4.78 is 10.3. The van der Waals surface area contributed by atoms with E-state index in [0.717, 1.165) is 44.5 Å². The van der Waals surface area contributed by atoms with Crippen LogP contribution in [0.25, 0.3) is 0 Å². The molecule has 0 saturated carbocycles. The molecule has 4 N–H and O–H groups in total. The molecule has 3 rings (SSSR count). The first-order chi connectivity index (χ1) is 16.5. The van der Waals surface area contributed by atoms with Crippen molar-refractivity contribution in [2.45, 2.75) is 30.5 Å². The smallest absolute Gasteiger partial charge is 0.310 e. The Kier molecular flexibility index (Phi) is 9.75. The number of anilines is 2. The number of nitrogens with two attached hydrogens (primary N) is 1. The molecule has 0 bridgehead atoms. The molecule has 0 fully saturated rings. The van der Waals surface area contributed by atoms with E-state index in [2.05, 4.69) is 10.6 Å². The largest absolute Gasteiger partial charge is 0.497 e. The number of thioether (sulfide) groups is 1. The molecule has 6 nitrogen and oxygen atoms in total. The third-order valence-corrected chi connectivity index (χ3v) is 6.32. The van der Waals surface area contributed by atoms with E-state index in [1.54, 1.807) is 25.8 Å². The van der Waals surface area contributed by atoms with Crippen LogP contribution in [0.15, 0.2) is 71.6 Å².